The van der Waals surface area contributed by atoms with E-state index in [0.29, 0.717) is 46.9 Å². The summed E-state index contributed by atoms with van der Waals surface area (Å²) in [6.45, 7) is 1.21. The Bertz CT molecular complexity index is 1710. The minimum Gasteiger partial charge on any atom is -0.478 e. The zero-order valence-electron chi connectivity index (χ0n) is 21.1. The smallest absolute Gasteiger partial charge is 0.387 e. The third-order valence-electron chi connectivity index (χ3n) is 5.93. The predicted molar refractivity (Wildman–Crippen MR) is 141 cm³/mol. The second-order valence-corrected chi connectivity index (χ2v) is 8.57. The highest BCUT2D eigenvalue weighted by molar-refractivity contribution is 5.88. The first-order chi connectivity index (χ1) is 18.8. The molecule has 0 aliphatic rings. The number of hydrogen-bond donors (Lipinski definition) is 0. The fourth-order valence-electron chi connectivity index (χ4n) is 4.26. The number of carbonyl (C=O) groups excluding carboxylic acids is 1. The summed E-state index contributed by atoms with van der Waals surface area (Å²) in [5.41, 5.74) is 2.23. The lowest BCUT2D eigenvalue weighted by Crippen LogP contribution is -2.21. The van der Waals surface area contributed by atoms with Crippen molar-refractivity contribution in [2.24, 2.45) is 0 Å². The average molecular weight is 535 g/mol. The first kappa shape index (κ1) is 25.8. The zero-order valence-corrected chi connectivity index (χ0v) is 21.1. The van der Waals surface area contributed by atoms with E-state index in [0.717, 1.165) is 10.9 Å². The number of nitrogens with zero attached hydrogens (tertiary/aromatic N) is 4. The van der Waals surface area contributed by atoms with E-state index in [-0.39, 0.29) is 23.9 Å². The van der Waals surface area contributed by atoms with Crippen LogP contribution in [0.4, 0.5) is 8.78 Å². The molecule has 0 spiro atoms. The summed E-state index contributed by atoms with van der Waals surface area (Å²) in [6.07, 6.45) is 1.82. The van der Waals surface area contributed by atoms with Crippen LogP contribution in [0.3, 0.4) is 0 Å². The lowest BCUT2D eigenvalue weighted by Gasteiger charge is -2.14. The number of pyridine rings is 2. The molecule has 200 valence electrons. The van der Waals surface area contributed by atoms with Crippen molar-refractivity contribution in [3.8, 4) is 28.4 Å². The maximum atomic E-state index is 13.9. The van der Waals surface area contributed by atoms with E-state index in [4.69, 9.17) is 9.47 Å². The molecular weight excluding hydrogens is 510 g/mol. The number of esters is 1. The Hall–Kier alpha value is -4.80. The minimum absolute atomic E-state index is 0.0265. The number of rotatable bonds is 9. The second kappa shape index (κ2) is 10.9. The molecular formula is C28H24F2N4O5. The van der Waals surface area contributed by atoms with Gasteiger partial charge < -0.3 is 14.2 Å². The average Bonchev–Trinajstić information content (AvgIpc) is 3.31. The van der Waals surface area contributed by atoms with Crippen molar-refractivity contribution < 1.29 is 27.8 Å². The van der Waals surface area contributed by atoms with Gasteiger partial charge in [0.05, 0.1) is 24.4 Å². The third kappa shape index (κ3) is 5.57. The van der Waals surface area contributed by atoms with Crippen molar-refractivity contribution in [3.63, 3.8) is 0 Å². The first-order valence-corrected chi connectivity index (χ1v) is 12.2. The van der Waals surface area contributed by atoms with Gasteiger partial charge in [-0.05, 0) is 61.0 Å². The number of ether oxygens (including phenoxy) is 3. The van der Waals surface area contributed by atoms with Crippen molar-refractivity contribution in [1.82, 2.24) is 19.3 Å². The van der Waals surface area contributed by atoms with Crippen molar-refractivity contribution in [1.29, 1.82) is 0 Å². The van der Waals surface area contributed by atoms with Gasteiger partial charge in [-0.1, -0.05) is 6.07 Å². The van der Waals surface area contributed by atoms with Gasteiger partial charge in [0, 0.05) is 35.5 Å². The third-order valence-corrected chi connectivity index (χ3v) is 5.93. The molecule has 0 saturated heterocycles. The highest BCUT2D eigenvalue weighted by Gasteiger charge is 2.16. The zero-order chi connectivity index (χ0) is 27.5. The van der Waals surface area contributed by atoms with E-state index in [9.17, 15) is 18.4 Å². The standard InChI is InChI=1S/C28H24F2N4O5/c1-3-37-25-11-5-19-15-23(18-4-10-24-20(14-18)16-33(32-24)12-13-38-17(2)35)27(36)34(26(19)31-25)21-6-8-22(9-7-21)39-28(29)30/h4-11,14-16,28H,3,12-13H2,1-2H3. The summed E-state index contributed by atoms with van der Waals surface area (Å²) in [4.78, 5) is 29.5. The van der Waals surface area contributed by atoms with E-state index < -0.39 is 6.61 Å². The van der Waals surface area contributed by atoms with Crippen LogP contribution >= 0.6 is 0 Å². The van der Waals surface area contributed by atoms with Gasteiger partial charge >= 0.3 is 12.6 Å². The Morgan fingerprint density at radius 1 is 1.03 bits per heavy atom. The summed E-state index contributed by atoms with van der Waals surface area (Å²) in [5, 5.41) is 5.97. The minimum atomic E-state index is -2.96. The van der Waals surface area contributed by atoms with Gasteiger partial charge in [-0.15, -0.1) is 0 Å². The molecule has 0 aliphatic carbocycles. The van der Waals surface area contributed by atoms with Gasteiger partial charge in [-0.25, -0.2) is 0 Å². The van der Waals surface area contributed by atoms with Crippen LogP contribution in [-0.4, -0.2) is 45.1 Å². The van der Waals surface area contributed by atoms with Crippen molar-refractivity contribution in [2.75, 3.05) is 13.2 Å². The first-order valence-electron chi connectivity index (χ1n) is 12.2. The van der Waals surface area contributed by atoms with Crippen molar-refractivity contribution in [3.05, 3.63) is 77.2 Å². The lowest BCUT2D eigenvalue weighted by atomic mass is 10.0. The van der Waals surface area contributed by atoms with Crippen LogP contribution in [0.15, 0.2) is 71.7 Å². The molecule has 0 unspecified atom stereocenters. The Morgan fingerprint density at radius 2 is 1.82 bits per heavy atom. The van der Waals surface area contributed by atoms with Crippen LogP contribution in [0, 0.1) is 0 Å². The molecule has 39 heavy (non-hydrogen) atoms. The quantitative estimate of drug-likeness (QED) is 0.247. The number of hydrogen-bond acceptors (Lipinski definition) is 7. The molecule has 0 N–H and O–H groups in total. The van der Waals surface area contributed by atoms with Crippen LogP contribution in [0.2, 0.25) is 0 Å². The molecule has 0 atom stereocenters. The van der Waals surface area contributed by atoms with Gasteiger partial charge in [0.25, 0.3) is 5.56 Å². The predicted octanol–water partition coefficient (Wildman–Crippen LogP) is 4.97. The van der Waals surface area contributed by atoms with E-state index in [1.54, 1.807) is 22.9 Å². The molecule has 0 amide bonds. The number of aromatic nitrogens is 4. The molecule has 0 radical (unpaired) electrons. The Balaban J connectivity index is 1.61. The topological polar surface area (TPSA) is 97.5 Å². The van der Waals surface area contributed by atoms with Crippen LogP contribution < -0.4 is 15.0 Å². The fourth-order valence-corrected chi connectivity index (χ4v) is 4.26. The van der Waals surface area contributed by atoms with E-state index in [1.165, 1.54) is 35.8 Å². The molecule has 11 heteroatoms. The summed E-state index contributed by atoms with van der Waals surface area (Å²) in [7, 11) is 0. The molecule has 2 aromatic carbocycles. The fraction of sp³-hybridized carbons (Fsp3) is 0.214. The van der Waals surface area contributed by atoms with Gasteiger partial charge in [0.2, 0.25) is 5.88 Å². The van der Waals surface area contributed by atoms with E-state index in [1.807, 2.05) is 31.3 Å². The van der Waals surface area contributed by atoms with E-state index in [2.05, 4.69) is 14.8 Å². The largest absolute Gasteiger partial charge is 0.478 e. The summed E-state index contributed by atoms with van der Waals surface area (Å²) in [5.74, 6) is -0.0341. The molecule has 0 saturated carbocycles. The number of fused-ring (bicyclic) bond motifs is 2. The molecule has 5 aromatic rings. The van der Waals surface area contributed by atoms with Gasteiger partial charge in [0.15, 0.2) is 5.65 Å². The summed E-state index contributed by atoms with van der Waals surface area (Å²) >= 11 is 0. The van der Waals surface area contributed by atoms with Crippen LogP contribution in [0.5, 0.6) is 11.6 Å². The number of halogens is 2. The summed E-state index contributed by atoms with van der Waals surface area (Å²) < 4.78 is 43.4. The molecule has 0 bridgehead atoms. The van der Waals surface area contributed by atoms with Gasteiger partial charge in [-0.2, -0.15) is 18.9 Å². The number of carbonyl (C=O) groups is 1. The van der Waals surface area contributed by atoms with Crippen LogP contribution in [0.1, 0.15) is 13.8 Å². The molecule has 3 heterocycles. The molecule has 0 aliphatic heterocycles. The molecule has 5 rings (SSSR count). The monoisotopic (exact) mass is 534 g/mol. The molecule has 9 nitrogen and oxygen atoms in total. The Morgan fingerprint density at radius 3 is 2.54 bits per heavy atom. The van der Waals surface area contributed by atoms with Gasteiger partial charge in [0.1, 0.15) is 12.4 Å². The van der Waals surface area contributed by atoms with Crippen LogP contribution in [0.25, 0.3) is 38.8 Å². The summed E-state index contributed by atoms with van der Waals surface area (Å²) in [6, 6.07) is 16.6. The highest BCUT2D eigenvalue weighted by Crippen LogP contribution is 2.27. The van der Waals surface area contributed by atoms with Gasteiger partial charge in [-0.3, -0.25) is 18.8 Å². The van der Waals surface area contributed by atoms with E-state index >= 15 is 0 Å². The lowest BCUT2D eigenvalue weighted by molar-refractivity contribution is -0.141. The Kier molecular flexibility index (Phi) is 7.22. The van der Waals surface area contributed by atoms with Crippen LogP contribution in [-0.2, 0) is 16.1 Å². The van der Waals surface area contributed by atoms with Crippen molar-refractivity contribution >= 4 is 27.9 Å². The highest BCUT2D eigenvalue weighted by atomic mass is 19.3. The second-order valence-electron chi connectivity index (χ2n) is 8.57. The number of alkyl halides is 2. The maximum absolute atomic E-state index is 13.9. The number of benzene rings is 2. The molecule has 3 aromatic heterocycles. The Labute approximate surface area is 221 Å². The van der Waals surface area contributed by atoms with Crippen molar-refractivity contribution in [2.45, 2.75) is 27.0 Å². The normalized spacial score (nSPS) is 11.3. The SMILES string of the molecule is CCOc1ccc2cc(-c3ccc4nn(CCOC(C)=O)cc4c3)c(=O)n(-c3ccc(OC(F)F)cc3)c2n1. The molecule has 0 fully saturated rings. The maximum Gasteiger partial charge on any atom is 0.387 e.